The Morgan fingerprint density at radius 1 is 1.42 bits per heavy atom. The molecule has 2 aliphatic carbocycles. The number of halogens is 1. The topological polar surface area (TPSA) is 46.5 Å². The summed E-state index contributed by atoms with van der Waals surface area (Å²) in [5, 5.41) is 9.00. The lowest BCUT2D eigenvalue weighted by Crippen LogP contribution is -2.15. The minimum atomic E-state index is -0.838. The Hall–Kier alpha value is -1.58. The van der Waals surface area contributed by atoms with E-state index in [4.69, 9.17) is 9.84 Å². The maximum absolute atomic E-state index is 13.5. The number of carboxylic acid groups (broad SMARTS) is 1. The molecule has 0 atom stereocenters. The molecule has 0 radical (unpaired) electrons. The van der Waals surface area contributed by atoms with E-state index in [1.54, 1.807) is 6.07 Å². The highest BCUT2D eigenvalue weighted by Gasteiger charge is 2.48. The Morgan fingerprint density at radius 2 is 2.16 bits per heavy atom. The Kier molecular flexibility index (Phi) is 2.96. The molecule has 3 rings (SSSR count). The van der Waals surface area contributed by atoms with Crippen molar-refractivity contribution in [1.82, 2.24) is 0 Å². The highest BCUT2D eigenvalue weighted by molar-refractivity contribution is 5.70. The molecule has 102 valence electrons. The summed E-state index contributed by atoms with van der Waals surface area (Å²) in [6, 6.07) is 4.45. The van der Waals surface area contributed by atoms with Gasteiger partial charge in [0, 0.05) is 11.0 Å². The predicted molar refractivity (Wildman–Crippen MR) is 67.8 cm³/mol. The van der Waals surface area contributed by atoms with E-state index in [2.05, 4.69) is 0 Å². The summed E-state index contributed by atoms with van der Waals surface area (Å²) in [4.78, 5) is 11.0. The summed E-state index contributed by atoms with van der Waals surface area (Å²) < 4.78 is 19.2. The summed E-state index contributed by atoms with van der Waals surface area (Å²) in [7, 11) is 0. The summed E-state index contributed by atoms with van der Waals surface area (Å²) in [5.41, 5.74) is 0.322. The number of carbonyl (C=O) groups is 1. The Morgan fingerprint density at radius 3 is 2.74 bits per heavy atom. The lowest BCUT2D eigenvalue weighted by Gasteiger charge is -2.18. The van der Waals surface area contributed by atoms with Gasteiger partial charge < -0.3 is 9.84 Å². The van der Waals surface area contributed by atoms with Crippen LogP contribution in [0.2, 0.25) is 0 Å². The molecule has 0 spiro atoms. The number of ether oxygens (including phenoxy) is 1. The molecule has 1 aromatic carbocycles. The number of carboxylic acids is 1. The van der Waals surface area contributed by atoms with Gasteiger partial charge in [0.1, 0.15) is 11.6 Å². The molecule has 19 heavy (non-hydrogen) atoms. The molecule has 0 aliphatic heterocycles. The van der Waals surface area contributed by atoms with Gasteiger partial charge in [-0.2, -0.15) is 0 Å². The van der Waals surface area contributed by atoms with Crippen molar-refractivity contribution in [2.45, 2.75) is 37.5 Å². The fourth-order valence-corrected chi connectivity index (χ4v) is 2.52. The van der Waals surface area contributed by atoms with Gasteiger partial charge in [0.25, 0.3) is 0 Å². The van der Waals surface area contributed by atoms with Crippen LogP contribution in [0.3, 0.4) is 0 Å². The predicted octanol–water partition coefficient (Wildman–Crippen LogP) is 3.12. The molecule has 0 aromatic heterocycles. The van der Waals surface area contributed by atoms with E-state index < -0.39 is 11.4 Å². The zero-order valence-electron chi connectivity index (χ0n) is 10.7. The number of rotatable bonds is 6. The zero-order chi connectivity index (χ0) is 13.5. The van der Waals surface area contributed by atoms with Crippen LogP contribution < -0.4 is 4.74 Å². The first-order valence-corrected chi connectivity index (χ1v) is 6.74. The van der Waals surface area contributed by atoms with Gasteiger partial charge in [-0.1, -0.05) is 0 Å². The second-order valence-electron chi connectivity index (χ2n) is 5.75. The van der Waals surface area contributed by atoms with Crippen molar-refractivity contribution in [3.63, 3.8) is 0 Å². The van der Waals surface area contributed by atoms with Crippen LogP contribution in [0.25, 0.3) is 0 Å². The van der Waals surface area contributed by atoms with Gasteiger partial charge in [0.15, 0.2) is 0 Å². The van der Waals surface area contributed by atoms with E-state index in [0.29, 0.717) is 18.3 Å². The summed E-state index contributed by atoms with van der Waals surface area (Å²) >= 11 is 0. The average molecular weight is 264 g/mol. The minimum Gasteiger partial charge on any atom is -0.493 e. The molecular formula is C15H17FO3. The van der Waals surface area contributed by atoms with Gasteiger partial charge in [-0.25, -0.2) is 4.39 Å². The SMILES string of the molecule is O=C(O)CC1(c2cc(F)ccc2OCC2CC2)CC1. The standard InChI is InChI=1S/C15H17FO3/c16-11-3-4-13(19-9-10-1-2-10)12(7-11)15(5-6-15)8-14(17)18/h3-4,7,10H,1-2,5-6,8-9H2,(H,17,18). The van der Waals surface area contributed by atoms with Crippen LogP contribution >= 0.6 is 0 Å². The van der Waals surface area contributed by atoms with E-state index in [-0.39, 0.29) is 12.2 Å². The van der Waals surface area contributed by atoms with Crippen molar-refractivity contribution in [2.24, 2.45) is 5.92 Å². The Balaban J connectivity index is 1.84. The Bertz CT molecular complexity index is 504. The van der Waals surface area contributed by atoms with E-state index in [1.807, 2.05) is 0 Å². The average Bonchev–Trinajstić information content (AvgIpc) is 3.22. The van der Waals surface area contributed by atoms with Crippen molar-refractivity contribution in [1.29, 1.82) is 0 Å². The first kappa shape index (κ1) is 12.5. The minimum absolute atomic E-state index is 0.0518. The van der Waals surface area contributed by atoms with Crippen LogP contribution in [-0.2, 0) is 10.2 Å². The molecule has 0 bridgehead atoms. The number of hydrogen-bond acceptors (Lipinski definition) is 2. The second-order valence-corrected chi connectivity index (χ2v) is 5.75. The van der Waals surface area contributed by atoms with Crippen LogP contribution in [0.15, 0.2) is 18.2 Å². The molecule has 2 aliphatic rings. The second kappa shape index (κ2) is 4.51. The number of aliphatic carboxylic acids is 1. The molecule has 0 unspecified atom stereocenters. The van der Waals surface area contributed by atoms with Crippen molar-refractivity contribution in [2.75, 3.05) is 6.61 Å². The zero-order valence-corrected chi connectivity index (χ0v) is 10.7. The van der Waals surface area contributed by atoms with Crippen molar-refractivity contribution in [3.05, 3.63) is 29.6 Å². The molecule has 2 saturated carbocycles. The lowest BCUT2D eigenvalue weighted by molar-refractivity contribution is -0.137. The molecule has 0 saturated heterocycles. The van der Waals surface area contributed by atoms with Crippen molar-refractivity contribution in [3.8, 4) is 5.75 Å². The molecule has 0 heterocycles. The smallest absolute Gasteiger partial charge is 0.304 e. The Labute approximate surface area is 111 Å². The highest BCUT2D eigenvalue weighted by atomic mass is 19.1. The maximum Gasteiger partial charge on any atom is 0.304 e. The van der Waals surface area contributed by atoms with Gasteiger partial charge in [-0.15, -0.1) is 0 Å². The highest BCUT2D eigenvalue weighted by Crippen LogP contribution is 2.54. The molecule has 2 fully saturated rings. The number of benzene rings is 1. The van der Waals surface area contributed by atoms with Crippen LogP contribution in [0, 0.1) is 11.7 Å². The number of hydrogen-bond donors (Lipinski definition) is 1. The molecule has 1 N–H and O–H groups in total. The monoisotopic (exact) mass is 264 g/mol. The van der Waals surface area contributed by atoms with Gasteiger partial charge >= 0.3 is 5.97 Å². The first-order chi connectivity index (χ1) is 9.09. The fraction of sp³-hybridized carbons (Fsp3) is 0.533. The summed E-state index contributed by atoms with van der Waals surface area (Å²) in [6.45, 7) is 0.655. The van der Waals surface area contributed by atoms with E-state index in [1.165, 1.54) is 25.0 Å². The van der Waals surface area contributed by atoms with Gasteiger partial charge in [0.2, 0.25) is 0 Å². The van der Waals surface area contributed by atoms with Crippen LogP contribution in [-0.4, -0.2) is 17.7 Å². The lowest BCUT2D eigenvalue weighted by atomic mass is 9.91. The first-order valence-electron chi connectivity index (χ1n) is 6.74. The molecule has 1 aromatic rings. The van der Waals surface area contributed by atoms with Crippen molar-refractivity contribution < 1.29 is 19.0 Å². The molecule has 3 nitrogen and oxygen atoms in total. The molecule has 0 amide bonds. The van der Waals surface area contributed by atoms with Gasteiger partial charge in [0.05, 0.1) is 13.0 Å². The quantitative estimate of drug-likeness (QED) is 0.858. The third-order valence-corrected chi connectivity index (χ3v) is 4.03. The third-order valence-electron chi connectivity index (χ3n) is 4.03. The van der Waals surface area contributed by atoms with Gasteiger partial charge in [-0.05, 0) is 49.8 Å². The van der Waals surface area contributed by atoms with E-state index in [9.17, 15) is 9.18 Å². The summed E-state index contributed by atoms with van der Waals surface area (Å²) in [6.07, 6.45) is 4.02. The fourth-order valence-electron chi connectivity index (χ4n) is 2.52. The molecule has 4 heteroatoms. The summed E-state index contributed by atoms with van der Waals surface area (Å²) in [5.74, 6) is 0.111. The normalized spacial score (nSPS) is 20.1. The van der Waals surface area contributed by atoms with Crippen LogP contribution in [0.1, 0.15) is 37.7 Å². The van der Waals surface area contributed by atoms with E-state index in [0.717, 1.165) is 18.4 Å². The largest absolute Gasteiger partial charge is 0.493 e. The molecular weight excluding hydrogens is 247 g/mol. The van der Waals surface area contributed by atoms with E-state index >= 15 is 0 Å². The third kappa shape index (κ3) is 2.72. The maximum atomic E-state index is 13.5. The van der Waals surface area contributed by atoms with Crippen LogP contribution in [0.4, 0.5) is 4.39 Å². The van der Waals surface area contributed by atoms with Crippen molar-refractivity contribution >= 4 is 5.97 Å². The van der Waals surface area contributed by atoms with Crippen LogP contribution in [0.5, 0.6) is 5.75 Å². The van der Waals surface area contributed by atoms with Gasteiger partial charge in [-0.3, -0.25) is 4.79 Å².